The predicted molar refractivity (Wildman–Crippen MR) is 126 cm³/mol. The number of aliphatic hydroxyl groups excluding tert-OH is 1. The molecule has 5 nitrogen and oxygen atoms in total. The van der Waals surface area contributed by atoms with Crippen molar-refractivity contribution >= 4 is 0 Å². The highest BCUT2D eigenvalue weighted by Crippen LogP contribution is 2.25. The molecule has 0 radical (unpaired) electrons. The van der Waals surface area contributed by atoms with Crippen molar-refractivity contribution in [2.75, 3.05) is 39.9 Å². The summed E-state index contributed by atoms with van der Waals surface area (Å²) in [7, 11) is 1.66. The van der Waals surface area contributed by atoms with Crippen molar-refractivity contribution in [1.82, 2.24) is 10.2 Å². The molecular weight excluding hydrogens is 388 g/mol. The van der Waals surface area contributed by atoms with Gasteiger partial charge in [-0.1, -0.05) is 55.7 Å². The number of methoxy groups -OCH3 is 1. The molecule has 1 unspecified atom stereocenters. The number of hydrogen-bond donors (Lipinski definition) is 2. The van der Waals surface area contributed by atoms with Crippen LogP contribution in [0.25, 0.3) is 0 Å². The molecule has 31 heavy (non-hydrogen) atoms. The Morgan fingerprint density at radius 3 is 2.48 bits per heavy atom. The third kappa shape index (κ3) is 8.52. The lowest BCUT2D eigenvalue weighted by Gasteiger charge is -2.27. The fourth-order valence-electron chi connectivity index (χ4n) is 4.07. The quantitative estimate of drug-likeness (QED) is 0.531. The second-order valence-corrected chi connectivity index (χ2v) is 8.42. The summed E-state index contributed by atoms with van der Waals surface area (Å²) in [6, 6.07) is 16.4. The maximum atomic E-state index is 10.6. The number of hydrogen-bond acceptors (Lipinski definition) is 5. The molecule has 2 N–H and O–H groups in total. The van der Waals surface area contributed by atoms with Gasteiger partial charge in [0.25, 0.3) is 0 Å². The third-order valence-electron chi connectivity index (χ3n) is 5.87. The molecule has 1 saturated heterocycles. The van der Waals surface area contributed by atoms with Crippen LogP contribution >= 0.6 is 0 Å². The van der Waals surface area contributed by atoms with Gasteiger partial charge >= 0.3 is 0 Å². The number of nitrogens with zero attached hydrogens (tertiary/aromatic N) is 1. The van der Waals surface area contributed by atoms with Crippen LogP contribution in [0.2, 0.25) is 0 Å². The Morgan fingerprint density at radius 1 is 1.00 bits per heavy atom. The molecule has 1 aliphatic heterocycles. The number of nitrogens with one attached hydrogen (secondary N) is 1. The summed E-state index contributed by atoms with van der Waals surface area (Å²) in [4.78, 5) is 2.38. The van der Waals surface area contributed by atoms with E-state index in [9.17, 15) is 5.11 Å². The highest BCUT2D eigenvalue weighted by molar-refractivity contribution is 5.40. The van der Waals surface area contributed by atoms with Crippen LogP contribution in [0.5, 0.6) is 11.5 Å². The minimum atomic E-state index is -0.496. The van der Waals surface area contributed by atoms with E-state index < -0.39 is 6.10 Å². The summed E-state index contributed by atoms with van der Waals surface area (Å²) >= 11 is 0. The fraction of sp³-hybridized carbons (Fsp3) is 0.538. The minimum Gasteiger partial charge on any atom is -0.497 e. The highest BCUT2D eigenvalue weighted by atomic mass is 16.5. The maximum absolute atomic E-state index is 10.6. The van der Waals surface area contributed by atoms with Crippen molar-refractivity contribution in [3.63, 3.8) is 0 Å². The molecular formula is C26H38N2O3. The number of likely N-dealkylation sites (tertiary alicyclic amines) is 1. The van der Waals surface area contributed by atoms with Gasteiger partial charge in [0.15, 0.2) is 0 Å². The van der Waals surface area contributed by atoms with Crippen LogP contribution in [-0.2, 0) is 13.0 Å². The van der Waals surface area contributed by atoms with E-state index in [1.165, 1.54) is 37.7 Å². The molecule has 1 heterocycles. The van der Waals surface area contributed by atoms with Gasteiger partial charge in [-0.3, -0.25) is 0 Å². The van der Waals surface area contributed by atoms with E-state index in [-0.39, 0.29) is 0 Å². The van der Waals surface area contributed by atoms with Gasteiger partial charge in [0.2, 0.25) is 0 Å². The van der Waals surface area contributed by atoms with Crippen LogP contribution in [0.4, 0.5) is 0 Å². The molecule has 0 aliphatic carbocycles. The molecule has 1 aliphatic rings. The van der Waals surface area contributed by atoms with Crippen molar-refractivity contribution in [3.8, 4) is 11.5 Å². The maximum Gasteiger partial charge on any atom is 0.127 e. The molecule has 0 bridgehead atoms. The Bertz CT molecular complexity index is 746. The number of rotatable bonds is 11. The van der Waals surface area contributed by atoms with Crippen LogP contribution in [0, 0.1) is 0 Å². The topological polar surface area (TPSA) is 54.0 Å². The lowest BCUT2D eigenvalue weighted by Crippen LogP contribution is -2.37. The smallest absolute Gasteiger partial charge is 0.127 e. The first-order valence-corrected chi connectivity index (χ1v) is 11.7. The van der Waals surface area contributed by atoms with Crippen LogP contribution in [-0.4, -0.2) is 56.0 Å². The second kappa shape index (κ2) is 13.4. The van der Waals surface area contributed by atoms with Crippen LogP contribution in [0.15, 0.2) is 48.5 Å². The van der Waals surface area contributed by atoms with E-state index in [2.05, 4.69) is 34.5 Å². The molecule has 1 fully saturated rings. The van der Waals surface area contributed by atoms with Crippen LogP contribution < -0.4 is 14.8 Å². The van der Waals surface area contributed by atoms with Crippen molar-refractivity contribution in [3.05, 3.63) is 59.7 Å². The first kappa shape index (κ1) is 23.6. The number of β-amino-alcohol motifs (C(OH)–C–C–N with tert-alkyl or cyclic N) is 1. The normalized spacial score (nSPS) is 16.3. The Balaban J connectivity index is 1.48. The van der Waals surface area contributed by atoms with E-state index >= 15 is 0 Å². The first-order valence-electron chi connectivity index (χ1n) is 11.7. The summed E-state index contributed by atoms with van der Waals surface area (Å²) in [5.41, 5.74) is 2.40. The molecule has 170 valence electrons. The Hall–Kier alpha value is -2.08. The van der Waals surface area contributed by atoms with Crippen molar-refractivity contribution < 1.29 is 14.6 Å². The Labute approximate surface area is 187 Å². The van der Waals surface area contributed by atoms with E-state index in [1.807, 2.05) is 24.3 Å². The molecule has 5 heteroatoms. The monoisotopic (exact) mass is 426 g/mol. The first-order chi connectivity index (χ1) is 15.2. The van der Waals surface area contributed by atoms with Gasteiger partial charge in [-0.2, -0.15) is 0 Å². The SMILES string of the molecule is COc1ccc(CNCCc2ccccc2)c(OCC(O)CN2CCCCCCC2)c1. The minimum absolute atomic E-state index is 0.292. The van der Waals surface area contributed by atoms with E-state index in [0.717, 1.165) is 43.1 Å². The van der Waals surface area contributed by atoms with E-state index in [1.54, 1.807) is 7.11 Å². The molecule has 2 aromatic carbocycles. The van der Waals surface area contributed by atoms with Gasteiger partial charge in [-0.05, 0) is 50.5 Å². The number of aliphatic hydroxyl groups is 1. The summed E-state index contributed by atoms with van der Waals surface area (Å²) in [5, 5.41) is 14.1. The lowest BCUT2D eigenvalue weighted by molar-refractivity contribution is 0.0650. The molecule has 0 spiro atoms. The number of benzene rings is 2. The van der Waals surface area contributed by atoms with Gasteiger partial charge < -0.3 is 24.8 Å². The lowest BCUT2D eigenvalue weighted by atomic mass is 10.1. The average Bonchev–Trinajstić information content (AvgIpc) is 2.78. The molecule has 1 atom stereocenters. The number of ether oxygens (including phenoxy) is 2. The average molecular weight is 427 g/mol. The largest absolute Gasteiger partial charge is 0.497 e. The van der Waals surface area contributed by atoms with Gasteiger partial charge in [-0.15, -0.1) is 0 Å². The van der Waals surface area contributed by atoms with Crippen molar-refractivity contribution in [2.45, 2.75) is 51.2 Å². The van der Waals surface area contributed by atoms with Crippen LogP contribution in [0.1, 0.15) is 43.2 Å². The van der Waals surface area contributed by atoms with Gasteiger partial charge in [-0.25, -0.2) is 0 Å². The summed E-state index contributed by atoms with van der Waals surface area (Å²) in [6.07, 6.45) is 6.88. The van der Waals surface area contributed by atoms with E-state index in [0.29, 0.717) is 19.7 Å². The zero-order chi connectivity index (χ0) is 21.7. The van der Waals surface area contributed by atoms with Crippen molar-refractivity contribution in [1.29, 1.82) is 0 Å². The van der Waals surface area contributed by atoms with Gasteiger partial charge in [0.05, 0.1) is 7.11 Å². The van der Waals surface area contributed by atoms with Crippen molar-refractivity contribution in [2.24, 2.45) is 0 Å². The molecule has 2 aromatic rings. The summed E-state index contributed by atoms with van der Waals surface area (Å²) < 4.78 is 11.4. The standard InChI is InChI=1S/C26H38N2O3/c1-30-25-13-12-23(19-27-15-14-22-10-6-5-7-11-22)26(18-25)31-21-24(29)20-28-16-8-3-2-4-9-17-28/h5-7,10-13,18,24,27,29H,2-4,8-9,14-17,19-21H2,1H3. The zero-order valence-corrected chi connectivity index (χ0v) is 18.9. The molecule has 0 saturated carbocycles. The fourth-order valence-corrected chi connectivity index (χ4v) is 4.07. The Morgan fingerprint density at radius 2 is 1.74 bits per heavy atom. The molecule has 0 aromatic heterocycles. The summed E-state index contributed by atoms with van der Waals surface area (Å²) in [5.74, 6) is 1.54. The van der Waals surface area contributed by atoms with E-state index in [4.69, 9.17) is 9.47 Å². The predicted octanol–water partition coefficient (Wildman–Crippen LogP) is 4.03. The van der Waals surface area contributed by atoms with Gasteiger partial charge in [0.1, 0.15) is 24.2 Å². The highest BCUT2D eigenvalue weighted by Gasteiger charge is 2.15. The summed E-state index contributed by atoms with van der Waals surface area (Å²) in [6.45, 7) is 4.73. The zero-order valence-electron chi connectivity index (χ0n) is 18.9. The molecule has 0 amide bonds. The Kier molecular flexibility index (Phi) is 10.2. The molecule has 3 rings (SSSR count). The van der Waals surface area contributed by atoms with Crippen LogP contribution in [0.3, 0.4) is 0 Å². The second-order valence-electron chi connectivity index (χ2n) is 8.42. The van der Waals surface area contributed by atoms with Gasteiger partial charge in [0, 0.05) is 24.7 Å². The third-order valence-corrected chi connectivity index (χ3v) is 5.87.